The normalized spacial score (nSPS) is 22.5. The quantitative estimate of drug-likeness (QED) is 0.807. The Morgan fingerprint density at radius 3 is 2.53 bits per heavy atom. The van der Waals surface area contributed by atoms with Crippen LogP contribution in [0.25, 0.3) is 0 Å². The van der Waals surface area contributed by atoms with Gasteiger partial charge in [0.1, 0.15) is 0 Å². The summed E-state index contributed by atoms with van der Waals surface area (Å²) in [5, 5.41) is 10.8. The van der Waals surface area contributed by atoms with Crippen molar-refractivity contribution in [3.05, 3.63) is 70.2 Å². The molecule has 2 heteroatoms. The van der Waals surface area contributed by atoms with Crippen molar-refractivity contribution in [3.8, 4) is 0 Å². The zero-order chi connectivity index (χ0) is 11.8. The molecule has 1 aliphatic carbocycles. The standard InChI is InChI=1S/C15H13ClO/c16-11-6-7-12-13(9-15(17)14(12)8-11)10-4-2-1-3-5-10/h1-8,13,15,17H,9H2. The van der Waals surface area contributed by atoms with Crippen molar-refractivity contribution in [2.24, 2.45) is 0 Å². The third kappa shape index (κ3) is 1.86. The van der Waals surface area contributed by atoms with Gasteiger partial charge in [0.15, 0.2) is 0 Å². The van der Waals surface area contributed by atoms with Crippen molar-refractivity contribution in [1.29, 1.82) is 0 Å². The van der Waals surface area contributed by atoms with Gasteiger partial charge in [-0.1, -0.05) is 48.0 Å². The van der Waals surface area contributed by atoms with E-state index in [1.165, 1.54) is 11.1 Å². The van der Waals surface area contributed by atoms with Gasteiger partial charge in [-0.3, -0.25) is 0 Å². The fraction of sp³-hybridized carbons (Fsp3) is 0.200. The number of rotatable bonds is 1. The highest BCUT2D eigenvalue weighted by Crippen LogP contribution is 2.44. The van der Waals surface area contributed by atoms with Crippen molar-refractivity contribution < 1.29 is 5.11 Å². The molecule has 0 saturated carbocycles. The lowest BCUT2D eigenvalue weighted by atomic mass is 9.93. The SMILES string of the molecule is OC1CC(c2ccccc2)c2ccc(Cl)cc21. The van der Waals surface area contributed by atoms with E-state index >= 15 is 0 Å². The van der Waals surface area contributed by atoms with Gasteiger partial charge in [-0.25, -0.2) is 0 Å². The fourth-order valence-corrected chi connectivity index (χ4v) is 2.81. The second kappa shape index (κ2) is 4.17. The van der Waals surface area contributed by atoms with Crippen LogP contribution >= 0.6 is 11.6 Å². The molecule has 0 saturated heterocycles. The van der Waals surface area contributed by atoms with Gasteiger partial charge < -0.3 is 5.11 Å². The smallest absolute Gasteiger partial charge is 0.0802 e. The van der Waals surface area contributed by atoms with Crippen LogP contribution in [0.2, 0.25) is 5.02 Å². The molecule has 3 rings (SSSR count). The van der Waals surface area contributed by atoms with Crippen molar-refractivity contribution in [1.82, 2.24) is 0 Å². The van der Waals surface area contributed by atoms with Gasteiger partial charge >= 0.3 is 0 Å². The highest BCUT2D eigenvalue weighted by molar-refractivity contribution is 6.30. The summed E-state index contributed by atoms with van der Waals surface area (Å²) in [6.45, 7) is 0. The topological polar surface area (TPSA) is 20.2 Å². The summed E-state index contributed by atoms with van der Waals surface area (Å²) in [6, 6.07) is 16.1. The van der Waals surface area contributed by atoms with Gasteiger partial charge in [-0.15, -0.1) is 0 Å². The first-order valence-electron chi connectivity index (χ1n) is 5.78. The number of fused-ring (bicyclic) bond motifs is 1. The Bertz CT molecular complexity index is 536. The Morgan fingerprint density at radius 2 is 1.76 bits per heavy atom. The van der Waals surface area contributed by atoms with Crippen LogP contribution in [-0.4, -0.2) is 5.11 Å². The van der Waals surface area contributed by atoms with E-state index in [0.29, 0.717) is 10.9 Å². The van der Waals surface area contributed by atoms with E-state index in [1.807, 2.05) is 36.4 Å². The van der Waals surface area contributed by atoms with Crippen LogP contribution in [-0.2, 0) is 0 Å². The van der Waals surface area contributed by atoms with Gasteiger partial charge in [0, 0.05) is 10.9 Å². The minimum Gasteiger partial charge on any atom is -0.388 e. The molecule has 1 aliphatic rings. The van der Waals surface area contributed by atoms with Gasteiger partial charge in [-0.2, -0.15) is 0 Å². The number of halogens is 1. The van der Waals surface area contributed by atoms with Crippen LogP contribution in [0.3, 0.4) is 0 Å². The van der Waals surface area contributed by atoms with Crippen LogP contribution in [0, 0.1) is 0 Å². The maximum atomic E-state index is 10.1. The molecule has 2 atom stereocenters. The van der Waals surface area contributed by atoms with Crippen LogP contribution in [0.15, 0.2) is 48.5 Å². The lowest BCUT2D eigenvalue weighted by molar-refractivity contribution is 0.176. The maximum Gasteiger partial charge on any atom is 0.0802 e. The highest BCUT2D eigenvalue weighted by Gasteiger charge is 2.30. The number of hydrogen-bond acceptors (Lipinski definition) is 1. The summed E-state index contributed by atoms with van der Waals surface area (Å²) in [4.78, 5) is 0. The molecular weight excluding hydrogens is 232 g/mol. The molecule has 2 aromatic rings. The van der Waals surface area contributed by atoms with E-state index in [4.69, 9.17) is 11.6 Å². The molecule has 17 heavy (non-hydrogen) atoms. The second-order valence-corrected chi connectivity index (χ2v) is 4.92. The summed E-state index contributed by atoms with van der Waals surface area (Å²) in [7, 11) is 0. The van der Waals surface area contributed by atoms with Gasteiger partial charge in [0.2, 0.25) is 0 Å². The second-order valence-electron chi connectivity index (χ2n) is 4.49. The van der Waals surface area contributed by atoms with Gasteiger partial charge in [0.25, 0.3) is 0 Å². The van der Waals surface area contributed by atoms with Crippen LogP contribution in [0.5, 0.6) is 0 Å². The first-order valence-corrected chi connectivity index (χ1v) is 6.16. The number of benzene rings is 2. The van der Waals surface area contributed by atoms with Crippen molar-refractivity contribution in [2.75, 3.05) is 0 Å². The summed E-state index contributed by atoms with van der Waals surface area (Å²) in [5.74, 6) is 0.290. The molecule has 0 aliphatic heterocycles. The maximum absolute atomic E-state index is 10.1. The van der Waals surface area contributed by atoms with Gasteiger partial charge in [0.05, 0.1) is 6.10 Å². The average Bonchev–Trinajstić information content (AvgIpc) is 2.68. The van der Waals surface area contributed by atoms with Crippen molar-refractivity contribution in [3.63, 3.8) is 0 Å². The molecule has 0 aromatic heterocycles. The summed E-state index contributed by atoms with van der Waals surface area (Å²) < 4.78 is 0. The summed E-state index contributed by atoms with van der Waals surface area (Å²) in [5.41, 5.74) is 3.44. The molecule has 1 nitrogen and oxygen atoms in total. The van der Waals surface area contributed by atoms with E-state index in [1.54, 1.807) is 0 Å². The average molecular weight is 245 g/mol. The Balaban J connectivity index is 2.08. The Morgan fingerprint density at radius 1 is 1.00 bits per heavy atom. The molecule has 1 N–H and O–H groups in total. The first kappa shape index (κ1) is 10.8. The van der Waals surface area contributed by atoms with E-state index in [2.05, 4.69) is 12.1 Å². The van der Waals surface area contributed by atoms with Crippen LogP contribution < -0.4 is 0 Å². The molecule has 86 valence electrons. The largest absolute Gasteiger partial charge is 0.388 e. The zero-order valence-electron chi connectivity index (χ0n) is 9.31. The van der Waals surface area contributed by atoms with Crippen molar-refractivity contribution in [2.45, 2.75) is 18.4 Å². The van der Waals surface area contributed by atoms with Gasteiger partial charge in [-0.05, 0) is 35.2 Å². The molecule has 0 bridgehead atoms. The minimum atomic E-state index is -0.395. The fourth-order valence-electron chi connectivity index (χ4n) is 2.63. The van der Waals surface area contributed by atoms with Crippen LogP contribution in [0.4, 0.5) is 0 Å². The Kier molecular flexibility index (Phi) is 2.65. The predicted molar refractivity (Wildman–Crippen MR) is 69.3 cm³/mol. The predicted octanol–water partition coefficient (Wildman–Crippen LogP) is 3.91. The van der Waals surface area contributed by atoms with E-state index in [9.17, 15) is 5.11 Å². The lowest BCUT2D eigenvalue weighted by Crippen LogP contribution is -1.95. The zero-order valence-corrected chi connectivity index (χ0v) is 10.1. The lowest BCUT2D eigenvalue weighted by Gasteiger charge is -2.11. The molecule has 0 heterocycles. The number of hydrogen-bond donors (Lipinski definition) is 1. The molecule has 2 unspecified atom stereocenters. The molecule has 0 amide bonds. The monoisotopic (exact) mass is 244 g/mol. The number of aliphatic hydroxyl groups excluding tert-OH is 1. The Hall–Kier alpha value is -1.31. The van der Waals surface area contributed by atoms with E-state index < -0.39 is 6.10 Å². The third-order valence-electron chi connectivity index (χ3n) is 3.44. The van der Waals surface area contributed by atoms with E-state index in [0.717, 1.165) is 12.0 Å². The molecule has 2 aromatic carbocycles. The summed E-state index contributed by atoms with van der Waals surface area (Å²) in [6.07, 6.45) is 0.355. The molecule has 0 fully saturated rings. The van der Waals surface area contributed by atoms with Crippen LogP contribution in [0.1, 0.15) is 35.1 Å². The Labute approximate surface area is 106 Å². The van der Waals surface area contributed by atoms with Crippen molar-refractivity contribution >= 4 is 11.6 Å². The highest BCUT2D eigenvalue weighted by atomic mass is 35.5. The molecule has 0 radical (unpaired) electrons. The molecule has 0 spiro atoms. The summed E-state index contributed by atoms with van der Waals surface area (Å²) >= 11 is 5.97. The minimum absolute atomic E-state index is 0.290. The number of aliphatic hydroxyl groups is 1. The molecular formula is C15H13ClO. The first-order chi connectivity index (χ1) is 8.25. The van der Waals surface area contributed by atoms with E-state index in [-0.39, 0.29) is 0 Å². The third-order valence-corrected chi connectivity index (χ3v) is 3.68.